The Morgan fingerprint density at radius 1 is 1.10 bits per heavy atom. The van der Waals surface area contributed by atoms with Gasteiger partial charge >= 0.3 is 0 Å². The molecule has 0 aliphatic rings. The molecule has 0 amide bonds. The summed E-state index contributed by atoms with van der Waals surface area (Å²) in [5.41, 5.74) is 4.96. The van der Waals surface area contributed by atoms with Crippen LogP contribution in [0.1, 0.15) is 0 Å². The Labute approximate surface area is 119 Å². The lowest BCUT2D eigenvalue weighted by Crippen LogP contribution is -2.14. The van der Waals surface area contributed by atoms with Crippen molar-refractivity contribution in [1.29, 1.82) is 0 Å². The summed E-state index contributed by atoms with van der Waals surface area (Å²) >= 11 is 5.76. The van der Waals surface area contributed by atoms with Gasteiger partial charge in [0.05, 0.1) is 21.3 Å². The second-order valence-electron chi connectivity index (χ2n) is 3.91. The van der Waals surface area contributed by atoms with Crippen molar-refractivity contribution >= 4 is 33.0 Å². The molecular weight excluding hydrogens is 310 g/mol. The van der Waals surface area contributed by atoms with E-state index in [0.29, 0.717) is 0 Å². The number of nitrogens with one attached hydrogen (secondary N) is 1. The van der Waals surface area contributed by atoms with Crippen molar-refractivity contribution in [2.24, 2.45) is 0 Å². The van der Waals surface area contributed by atoms with Crippen molar-refractivity contribution in [3.8, 4) is 0 Å². The second-order valence-corrected chi connectivity index (χ2v) is 6.00. The third kappa shape index (κ3) is 3.00. The van der Waals surface area contributed by atoms with Gasteiger partial charge in [0.25, 0.3) is 10.0 Å². The van der Waals surface area contributed by atoms with Gasteiger partial charge in [-0.1, -0.05) is 11.6 Å². The smallest absolute Gasteiger partial charge is 0.262 e. The fourth-order valence-corrected chi connectivity index (χ4v) is 2.76. The molecule has 8 heteroatoms. The van der Waals surface area contributed by atoms with Crippen molar-refractivity contribution in [3.63, 3.8) is 0 Å². The first-order valence-corrected chi connectivity index (χ1v) is 7.18. The number of nitrogen functional groups attached to an aromatic ring is 1. The van der Waals surface area contributed by atoms with Crippen molar-refractivity contribution < 1.29 is 17.2 Å². The minimum atomic E-state index is -4.09. The van der Waals surface area contributed by atoms with Gasteiger partial charge in [0.15, 0.2) is 0 Å². The SMILES string of the molecule is Nc1ccc(S(=O)(=O)Nc2cc(F)ccc2Cl)cc1F. The van der Waals surface area contributed by atoms with Gasteiger partial charge in [-0.05, 0) is 36.4 Å². The lowest BCUT2D eigenvalue weighted by atomic mass is 10.3. The number of nitrogens with two attached hydrogens (primary N) is 1. The first-order chi connectivity index (χ1) is 9.29. The molecule has 4 nitrogen and oxygen atoms in total. The van der Waals surface area contributed by atoms with Gasteiger partial charge < -0.3 is 5.73 Å². The molecule has 0 atom stereocenters. The predicted molar refractivity (Wildman–Crippen MR) is 73.0 cm³/mol. The molecule has 2 aromatic carbocycles. The van der Waals surface area contributed by atoms with Crippen molar-refractivity contribution in [2.45, 2.75) is 4.90 Å². The van der Waals surface area contributed by atoms with Gasteiger partial charge in [0, 0.05) is 0 Å². The van der Waals surface area contributed by atoms with E-state index in [1.54, 1.807) is 0 Å². The third-order valence-corrected chi connectivity index (χ3v) is 4.15. The standard InChI is InChI=1S/C12H9ClF2N2O2S/c13-9-3-1-7(14)5-12(9)17-20(18,19)8-2-4-11(16)10(15)6-8/h1-6,17H,16H2. The van der Waals surface area contributed by atoms with Crippen LogP contribution in [0.25, 0.3) is 0 Å². The Morgan fingerprint density at radius 3 is 2.45 bits per heavy atom. The van der Waals surface area contributed by atoms with Crippen LogP contribution in [0.5, 0.6) is 0 Å². The molecule has 0 heterocycles. The van der Waals surface area contributed by atoms with Crippen LogP contribution in [0.3, 0.4) is 0 Å². The summed E-state index contributed by atoms with van der Waals surface area (Å²) < 4.78 is 52.5. The normalized spacial score (nSPS) is 11.3. The highest BCUT2D eigenvalue weighted by Crippen LogP contribution is 2.26. The van der Waals surface area contributed by atoms with Crippen LogP contribution in [-0.2, 0) is 10.0 Å². The van der Waals surface area contributed by atoms with E-state index in [4.69, 9.17) is 17.3 Å². The number of sulfonamides is 1. The van der Waals surface area contributed by atoms with Crippen molar-refractivity contribution in [2.75, 3.05) is 10.5 Å². The molecule has 0 saturated carbocycles. The fourth-order valence-electron chi connectivity index (χ4n) is 1.45. The summed E-state index contributed by atoms with van der Waals surface area (Å²) in [6.45, 7) is 0. The van der Waals surface area contributed by atoms with Gasteiger partial charge in [-0.3, -0.25) is 4.72 Å². The Hall–Kier alpha value is -1.86. The van der Waals surface area contributed by atoms with E-state index in [2.05, 4.69) is 4.72 Å². The van der Waals surface area contributed by atoms with Gasteiger partial charge in [-0.15, -0.1) is 0 Å². The summed E-state index contributed by atoms with van der Waals surface area (Å²) in [5, 5.41) is 0.0193. The fraction of sp³-hybridized carbons (Fsp3) is 0. The molecule has 20 heavy (non-hydrogen) atoms. The first-order valence-electron chi connectivity index (χ1n) is 5.32. The van der Waals surface area contributed by atoms with Crippen LogP contribution in [0.4, 0.5) is 20.2 Å². The largest absolute Gasteiger partial charge is 0.396 e. The highest BCUT2D eigenvalue weighted by atomic mass is 35.5. The molecule has 0 fully saturated rings. The molecular formula is C12H9ClF2N2O2S. The van der Waals surface area contributed by atoms with Crippen LogP contribution in [0, 0.1) is 11.6 Å². The molecule has 2 rings (SSSR count). The highest BCUT2D eigenvalue weighted by molar-refractivity contribution is 7.92. The van der Waals surface area contributed by atoms with Crippen LogP contribution < -0.4 is 10.5 Å². The number of halogens is 3. The van der Waals surface area contributed by atoms with Crippen LogP contribution in [-0.4, -0.2) is 8.42 Å². The molecule has 0 unspecified atom stereocenters. The zero-order valence-electron chi connectivity index (χ0n) is 9.90. The van der Waals surface area contributed by atoms with E-state index in [-0.39, 0.29) is 21.3 Å². The third-order valence-electron chi connectivity index (χ3n) is 2.45. The van der Waals surface area contributed by atoms with E-state index in [1.807, 2.05) is 0 Å². The number of anilines is 2. The summed E-state index contributed by atoms with van der Waals surface area (Å²) in [6, 6.07) is 6.24. The van der Waals surface area contributed by atoms with Gasteiger partial charge in [0.2, 0.25) is 0 Å². The maximum atomic E-state index is 13.3. The minimum absolute atomic E-state index is 0.0193. The van der Waals surface area contributed by atoms with E-state index < -0.39 is 21.7 Å². The summed E-state index contributed by atoms with van der Waals surface area (Å²) in [6.07, 6.45) is 0. The molecule has 0 bridgehead atoms. The maximum Gasteiger partial charge on any atom is 0.262 e. The number of benzene rings is 2. The number of rotatable bonds is 3. The van der Waals surface area contributed by atoms with Crippen LogP contribution >= 0.6 is 11.6 Å². The maximum absolute atomic E-state index is 13.3. The predicted octanol–water partition coefficient (Wildman–Crippen LogP) is 3.00. The van der Waals surface area contributed by atoms with Crippen molar-refractivity contribution in [1.82, 2.24) is 0 Å². The highest BCUT2D eigenvalue weighted by Gasteiger charge is 2.17. The molecule has 3 N–H and O–H groups in total. The molecule has 2 aromatic rings. The Bertz CT molecular complexity index is 766. The summed E-state index contributed by atoms with van der Waals surface area (Å²) in [4.78, 5) is -0.343. The van der Waals surface area contributed by atoms with Gasteiger partial charge in [0.1, 0.15) is 11.6 Å². The monoisotopic (exact) mass is 318 g/mol. The minimum Gasteiger partial charge on any atom is -0.396 e. The van der Waals surface area contributed by atoms with Crippen molar-refractivity contribution in [3.05, 3.63) is 53.1 Å². The second kappa shape index (κ2) is 5.26. The Morgan fingerprint density at radius 2 is 1.80 bits per heavy atom. The molecule has 0 radical (unpaired) electrons. The molecule has 0 aliphatic carbocycles. The van der Waals surface area contributed by atoms with Crippen LogP contribution in [0.15, 0.2) is 41.3 Å². The average molecular weight is 319 g/mol. The topological polar surface area (TPSA) is 72.2 Å². The van der Waals surface area contributed by atoms with Gasteiger partial charge in [-0.25, -0.2) is 17.2 Å². The summed E-state index contributed by atoms with van der Waals surface area (Å²) in [5.74, 6) is -1.52. The van der Waals surface area contributed by atoms with E-state index >= 15 is 0 Å². The van der Waals surface area contributed by atoms with Crippen LogP contribution in [0.2, 0.25) is 5.02 Å². The van der Waals surface area contributed by atoms with E-state index in [9.17, 15) is 17.2 Å². The average Bonchev–Trinajstić information content (AvgIpc) is 2.36. The van der Waals surface area contributed by atoms with E-state index in [0.717, 1.165) is 30.3 Å². The lowest BCUT2D eigenvalue weighted by molar-refractivity contribution is 0.596. The zero-order valence-corrected chi connectivity index (χ0v) is 11.5. The zero-order chi connectivity index (χ0) is 14.9. The molecule has 106 valence electrons. The molecule has 0 spiro atoms. The molecule has 0 aliphatic heterocycles. The Kier molecular flexibility index (Phi) is 3.82. The summed E-state index contributed by atoms with van der Waals surface area (Å²) in [7, 11) is -4.09. The van der Waals surface area contributed by atoms with Gasteiger partial charge in [-0.2, -0.15) is 0 Å². The lowest BCUT2D eigenvalue weighted by Gasteiger charge is -2.10. The molecule has 0 aromatic heterocycles. The molecule has 0 saturated heterocycles. The quantitative estimate of drug-likeness (QED) is 0.854. The first kappa shape index (κ1) is 14.5. The number of hydrogen-bond donors (Lipinski definition) is 2. The number of hydrogen-bond acceptors (Lipinski definition) is 3. The van der Waals surface area contributed by atoms with E-state index in [1.165, 1.54) is 6.07 Å². The Balaban J connectivity index is 2.40.